The normalized spacial score (nSPS) is 19.4. The molecule has 3 aliphatic heterocycles. The van der Waals surface area contributed by atoms with Crippen molar-refractivity contribution in [2.24, 2.45) is 0 Å². The van der Waals surface area contributed by atoms with E-state index in [0.717, 1.165) is 23.4 Å². The van der Waals surface area contributed by atoms with Gasteiger partial charge in [-0.15, -0.1) is 0 Å². The smallest absolute Gasteiger partial charge is 0.255 e. The topological polar surface area (TPSA) is 56.8 Å². The quantitative estimate of drug-likeness (QED) is 0.554. The van der Waals surface area contributed by atoms with E-state index in [9.17, 15) is 4.79 Å². The van der Waals surface area contributed by atoms with Gasteiger partial charge in [0.2, 0.25) is 0 Å². The van der Waals surface area contributed by atoms with E-state index in [-0.39, 0.29) is 12.1 Å². The molecule has 2 aromatic carbocycles. The third-order valence-corrected chi connectivity index (χ3v) is 6.90. The first-order valence-electron chi connectivity index (χ1n) is 12.6. The summed E-state index contributed by atoms with van der Waals surface area (Å²) in [5.41, 5.74) is 5.03. The number of nitrogens with zero attached hydrogens (tertiary/aromatic N) is 2. The minimum absolute atomic E-state index is 0.124. The Labute approximate surface area is 208 Å². The zero-order valence-corrected chi connectivity index (χ0v) is 20.4. The average Bonchev–Trinajstić information content (AvgIpc) is 3.52. The molecule has 3 aliphatic rings. The summed E-state index contributed by atoms with van der Waals surface area (Å²) in [6.07, 6.45) is 11.1. The maximum atomic E-state index is 12.8. The van der Waals surface area contributed by atoms with Crippen molar-refractivity contribution in [3.05, 3.63) is 101 Å². The fraction of sp³-hybridized carbons (Fsp3) is 0.345. The van der Waals surface area contributed by atoms with Crippen molar-refractivity contribution in [3.8, 4) is 5.75 Å². The number of hydrogen-bond acceptors (Lipinski definition) is 5. The molecule has 1 fully saturated rings. The summed E-state index contributed by atoms with van der Waals surface area (Å²) in [4.78, 5) is 17.6. The van der Waals surface area contributed by atoms with Crippen molar-refractivity contribution >= 4 is 5.91 Å². The molecule has 1 amide bonds. The highest BCUT2D eigenvalue weighted by molar-refractivity contribution is 5.95. The number of allylic oxidation sites excluding steroid dienone is 3. The van der Waals surface area contributed by atoms with Crippen LogP contribution in [0.5, 0.6) is 5.75 Å². The molecule has 6 heteroatoms. The predicted octanol–water partition coefficient (Wildman–Crippen LogP) is 4.75. The Hall–Kier alpha value is -3.51. The Morgan fingerprint density at radius 3 is 2.63 bits per heavy atom. The number of nitrogens with one attached hydrogen (secondary N) is 2. The maximum absolute atomic E-state index is 12.8. The van der Waals surface area contributed by atoms with Crippen molar-refractivity contribution in [1.29, 1.82) is 0 Å². The molecule has 1 unspecified atom stereocenters. The summed E-state index contributed by atoms with van der Waals surface area (Å²) in [7, 11) is 0. The molecule has 0 bridgehead atoms. The van der Waals surface area contributed by atoms with Crippen LogP contribution in [0.3, 0.4) is 0 Å². The zero-order chi connectivity index (χ0) is 24.0. The molecule has 1 atom stereocenters. The molecule has 2 aromatic rings. The maximum Gasteiger partial charge on any atom is 0.255 e. The molecule has 182 valence electrons. The number of amides is 1. The SMILES string of the molecule is CC1=C(CCCN2CCCC2)NC2C=CC(NC(=O)c3ccc(OCc4ccccc4)cc3)=CN12. The minimum atomic E-state index is -0.131. The van der Waals surface area contributed by atoms with Gasteiger partial charge in [0.05, 0.1) is 5.70 Å². The molecule has 0 saturated carbocycles. The van der Waals surface area contributed by atoms with Crippen molar-refractivity contribution in [2.75, 3.05) is 19.6 Å². The van der Waals surface area contributed by atoms with E-state index >= 15 is 0 Å². The van der Waals surface area contributed by atoms with Gasteiger partial charge >= 0.3 is 0 Å². The summed E-state index contributed by atoms with van der Waals surface area (Å²) in [6, 6.07) is 17.3. The van der Waals surface area contributed by atoms with Crippen LogP contribution in [0.15, 0.2) is 90.0 Å². The standard InChI is InChI=1S/C29H34N4O2/c1-22-27(10-7-19-32-17-5-6-18-32)31-28-16-13-25(20-33(22)28)30-29(34)24-11-14-26(15-12-24)35-21-23-8-3-2-4-9-23/h2-4,8-9,11-16,20,28,31H,5-7,10,17-19,21H2,1H3,(H,30,34). The Morgan fingerprint density at radius 2 is 1.86 bits per heavy atom. The molecule has 1 saturated heterocycles. The lowest BCUT2D eigenvalue weighted by molar-refractivity contribution is 0.0966. The van der Waals surface area contributed by atoms with Crippen LogP contribution in [0.25, 0.3) is 0 Å². The van der Waals surface area contributed by atoms with E-state index in [4.69, 9.17) is 4.74 Å². The number of carbonyl (C=O) groups excluding carboxylic acids is 1. The first-order chi connectivity index (χ1) is 17.2. The fourth-order valence-electron chi connectivity index (χ4n) is 4.88. The van der Waals surface area contributed by atoms with Crippen molar-refractivity contribution in [2.45, 2.75) is 45.4 Å². The van der Waals surface area contributed by atoms with Gasteiger partial charge in [-0.05, 0) is 94.2 Å². The van der Waals surface area contributed by atoms with E-state index in [1.165, 1.54) is 50.3 Å². The van der Waals surface area contributed by atoms with Gasteiger partial charge in [-0.25, -0.2) is 0 Å². The lowest BCUT2D eigenvalue weighted by Gasteiger charge is -2.26. The molecular weight excluding hydrogens is 436 g/mol. The third kappa shape index (κ3) is 5.77. The molecule has 35 heavy (non-hydrogen) atoms. The Bertz CT molecular complexity index is 1120. The van der Waals surface area contributed by atoms with E-state index < -0.39 is 0 Å². The van der Waals surface area contributed by atoms with Crippen LogP contribution in [0, 0.1) is 0 Å². The molecule has 5 rings (SSSR count). The average molecular weight is 471 g/mol. The van der Waals surface area contributed by atoms with E-state index in [0.29, 0.717) is 12.2 Å². The molecule has 6 nitrogen and oxygen atoms in total. The highest BCUT2D eigenvalue weighted by atomic mass is 16.5. The van der Waals surface area contributed by atoms with E-state index in [2.05, 4.69) is 33.4 Å². The van der Waals surface area contributed by atoms with Gasteiger partial charge in [-0.3, -0.25) is 4.79 Å². The van der Waals surface area contributed by atoms with Crippen LogP contribution in [0.4, 0.5) is 0 Å². The first kappa shape index (κ1) is 23.2. The third-order valence-electron chi connectivity index (χ3n) is 6.90. The van der Waals surface area contributed by atoms with Gasteiger partial charge in [-0.1, -0.05) is 30.3 Å². The number of fused-ring (bicyclic) bond motifs is 1. The van der Waals surface area contributed by atoms with Crippen LogP contribution in [-0.4, -0.2) is 41.5 Å². The summed E-state index contributed by atoms with van der Waals surface area (Å²) in [6.45, 7) is 6.33. The molecule has 0 aliphatic carbocycles. The van der Waals surface area contributed by atoms with Crippen LogP contribution >= 0.6 is 0 Å². The predicted molar refractivity (Wildman–Crippen MR) is 138 cm³/mol. The number of rotatable bonds is 9. The fourth-order valence-corrected chi connectivity index (χ4v) is 4.88. The Kier molecular flexibility index (Phi) is 7.19. The lowest BCUT2D eigenvalue weighted by Crippen LogP contribution is -2.36. The molecule has 3 heterocycles. The Balaban J connectivity index is 1.14. The van der Waals surface area contributed by atoms with Gasteiger partial charge < -0.3 is 25.2 Å². The summed E-state index contributed by atoms with van der Waals surface area (Å²) in [5.74, 6) is 0.611. The molecule has 0 radical (unpaired) electrons. The van der Waals surface area contributed by atoms with Gasteiger partial charge in [0.15, 0.2) is 0 Å². The number of likely N-dealkylation sites (tertiary alicyclic amines) is 1. The number of benzene rings is 2. The Morgan fingerprint density at radius 1 is 1.09 bits per heavy atom. The second kappa shape index (κ2) is 10.8. The number of carbonyl (C=O) groups is 1. The highest BCUT2D eigenvalue weighted by Gasteiger charge is 2.28. The van der Waals surface area contributed by atoms with Crippen molar-refractivity contribution in [1.82, 2.24) is 20.4 Å². The summed E-state index contributed by atoms with van der Waals surface area (Å²) < 4.78 is 5.83. The van der Waals surface area contributed by atoms with Gasteiger partial charge in [0.25, 0.3) is 5.91 Å². The number of hydrogen-bond donors (Lipinski definition) is 2. The zero-order valence-electron chi connectivity index (χ0n) is 20.4. The van der Waals surface area contributed by atoms with E-state index in [1.807, 2.05) is 54.7 Å². The van der Waals surface area contributed by atoms with Gasteiger partial charge in [-0.2, -0.15) is 0 Å². The lowest BCUT2D eigenvalue weighted by atomic mass is 10.2. The van der Waals surface area contributed by atoms with Crippen molar-refractivity contribution in [3.63, 3.8) is 0 Å². The van der Waals surface area contributed by atoms with Crippen LogP contribution in [0.1, 0.15) is 48.5 Å². The summed E-state index contributed by atoms with van der Waals surface area (Å²) in [5, 5.41) is 6.67. The second-order valence-electron chi connectivity index (χ2n) is 9.41. The number of ether oxygens (including phenoxy) is 1. The molecular formula is C29H34N4O2. The van der Waals surface area contributed by atoms with Crippen molar-refractivity contribution < 1.29 is 9.53 Å². The van der Waals surface area contributed by atoms with Gasteiger partial charge in [0, 0.05) is 23.2 Å². The highest BCUT2D eigenvalue weighted by Crippen LogP contribution is 2.27. The second-order valence-corrected chi connectivity index (χ2v) is 9.41. The first-order valence-corrected chi connectivity index (χ1v) is 12.6. The molecule has 2 N–H and O–H groups in total. The van der Waals surface area contributed by atoms with Crippen LogP contribution in [0.2, 0.25) is 0 Å². The molecule has 0 aromatic heterocycles. The summed E-state index contributed by atoms with van der Waals surface area (Å²) >= 11 is 0. The monoisotopic (exact) mass is 470 g/mol. The molecule has 0 spiro atoms. The van der Waals surface area contributed by atoms with Gasteiger partial charge in [0.1, 0.15) is 18.5 Å². The van der Waals surface area contributed by atoms with E-state index in [1.54, 1.807) is 12.1 Å². The minimum Gasteiger partial charge on any atom is -0.489 e. The van der Waals surface area contributed by atoms with Crippen LogP contribution in [-0.2, 0) is 6.61 Å². The van der Waals surface area contributed by atoms with Crippen LogP contribution < -0.4 is 15.4 Å². The largest absolute Gasteiger partial charge is 0.489 e.